The minimum Gasteiger partial charge on any atom is -0.454 e. The van der Waals surface area contributed by atoms with E-state index in [1.165, 1.54) is 77.3 Å². The highest BCUT2D eigenvalue weighted by Gasteiger charge is 2.31. The fourth-order valence-electron chi connectivity index (χ4n) is 7.92. The van der Waals surface area contributed by atoms with Gasteiger partial charge in [0.2, 0.25) is 6.79 Å². The molecule has 7 rings (SSSR count). The van der Waals surface area contributed by atoms with Crippen molar-refractivity contribution in [3.63, 3.8) is 0 Å². The Kier molecular flexibility index (Phi) is 8.53. The van der Waals surface area contributed by atoms with E-state index < -0.39 is 0 Å². The molecule has 7 nitrogen and oxygen atoms in total. The predicted octanol–water partition coefficient (Wildman–Crippen LogP) is 6.78. The number of aromatic nitrogens is 1. The number of nitrogens with zero attached hydrogens (tertiary/aromatic N) is 3. The van der Waals surface area contributed by atoms with Crippen LogP contribution in [0.4, 0.5) is 0 Å². The number of amides is 1. The average molecular weight is 583 g/mol. The average Bonchev–Trinajstić information content (AvgIpc) is 3.52. The van der Waals surface area contributed by atoms with Crippen molar-refractivity contribution < 1.29 is 14.3 Å². The first-order valence-corrected chi connectivity index (χ1v) is 16.7. The van der Waals surface area contributed by atoms with Crippen molar-refractivity contribution in [2.45, 2.75) is 89.8 Å². The standard InChI is InChI=1S/C36H46N4O3/c1-25(26-11-5-2-6-12-26)37-36(41)34-29-21-32-33(43-24-42-32)22-31(29)38-35(27-13-7-3-8-14-27)30(34)23-39-19-15-28(16-20-39)40-17-9-4-10-18-40/h3,7-8,13-14,21-22,25-26,28H,2,4-6,9-12,15-20,23-24H2,1H3,(H,37,41)/t25-/m0/s1. The molecule has 1 aliphatic carbocycles. The number of likely N-dealkylation sites (tertiary alicyclic amines) is 2. The van der Waals surface area contributed by atoms with Gasteiger partial charge in [-0.05, 0) is 83.6 Å². The van der Waals surface area contributed by atoms with E-state index in [1.54, 1.807) is 0 Å². The summed E-state index contributed by atoms with van der Waals surface area (Å²) < 4.78 is 11.5. The summed E-state index contributed by atoms with van der Waals surface area (Å²) in [4.78, 5) is 25.0. The number of pyridine rings is 1. The second-order valence-corrected chi connectivity index (χ2v) is 13.2. The molecule has 4 aliphatic rings. The number of piperidine rings is 2. The maximum absolute atomic E-state index is 14.5. The lowest BCUT2D eigenvalue weighted by atomic mass is 9.84. The Morgan fingerprint density at radius 3 is 2.35 bits per heavy atom. The highest BCUT2D eigenvalue weighted by molar-refractivity contribution is 6.09. The van der Waals surface area contributed by atoms with Crippen LogP contribution in [0, 0.1) is 5.92 Å². The minimum absolute atomic E-state index is 0.000257. The van der Waals surface area contributed by atoms with Gasteiger partial charge in [-0.1, -0.05) is 56.0 Å². The summed E-state index contributed by atoms with van der Waals surface area (Å²) in [6, 6.07) is 15.1. The second-order valence-electron chi connectivity index (χ2n) is 13.2. The van der Waals surface area contributed by atoms with Gasteiger partial charge in [0.15, 0.2) is 11.5 Å². The predicted molar refractivity (Wildman–Crippen MR) is 171 cm³/mol. The van der Waals surface area contributed by atoms with Gasteiger partial charge in [0.1, 0.15) is 0 Å². The zero-order valence-corrected chi connectivity index (χ0v) is 25.7. The molecule has 0 unspecified atom stereocenters. The van der Waals surface area contributed by atoms with E-state index in [0.29, 0.717) is 30.0 Å². The lowest BCUT2D eigenvalue weighted by molar-refractivity contribution is 0.0878. The summed E-state index contributed by atoms with van der Waals surface area (Å²) >= 11 is 0. The summed E-state index contributed by atoms with van der Waals surface area (Å²) in [5.41, 5.74) is 4.45. The molecule has 1 atom stereocenters. The van der Waals surface area contributed by atoms with Crippen LogP contribution in [0.25, 0.3) is 22.2 Å². The van der Waals surface area contributed by atoms with Gasteiger partial charge in [-0.25, -0.2) is 4.98 Å². The molecule has 0 spiro atoms. The summed E-state index contributed by atoms with van der Waals surface area (Å²) in [5.74, 6) is 1.90. The molecule has 43 heavy (non-hydrogen) atoms. The van der Waals surface area contributed by atoms with E-state index in [1.807, 2.05) is 18.2 Å². The van der Waals surface area contributed by atoms with Crippen molar-refractivity contribution in [2.75, 3.05) is 33.0 Å². The largest absolute Gasteiger partial charge is 0.454 e. The minimum atomic E-state index is -0.000257. The van der Waals surface area contributed by atoms with Crippen LogP contribution in [0.5, 0.6) is 11.5 Å². The fraction of sp³-hybridized carbons (Fsp3) is 0.556. The van der Waals surface area contributed by atoms with E-state index in [0.717, 1.165) is 46.4 Å². The zero-order chi connectivity index (χ0) is 29.2. The van der Waals surface area contributed by atoms with Crippen LogP contribution in [0.3, 0.4) is 0 Å². The Labute approximate surface area is 255 Å². The summed E-state index contributed by atoms with van der Waals surface area (Å²) in [6.07, 6.45) is 12.6. The number of nitrogens with one attached hydrogen (secondary N) is 1. The number of hydrogen-bond donors (Lipinski definition) is 1. The summed E-state index contributed by atoms with van der Waals surface area (Å²) in [5, 5.41) is 4.31. The molecular formula is C36H46N4O3. The van der Waals surface area contributed by atoms with E-state index in [9.17, 15) is 4.79 Å². The third-order valence-corrected chi connectivity index (χ3v) is 10.4. The molecule has 1 aromatic heterocycles. The Morgan fingerprint density at radius 1 is 0.907 bits per heavy atom. The van der Waals surface area contributed by atoms with Crippen LogP contribution in [-0.2, 0) is 6.54 Å². The van der Waals surface area contributed by atoms with Gasteiger partial charge in [0.25, 0.3) is 5.91 Å². The highest BCUT2D eigenvalue weighted by atomic mass is 16.7. The van der Waals surface area contributed by atoms with Crippen molar-refractivity contribution in [1.29, 1.82) is 0 Å². The number of ether oxygens (including phenoxy) is 2. The molecule has 2 aromatic carbocycles. The van der Waals surface area contributed by atoms with Crippen molar-refractivity contribution in [2.24, 2.45) is 5.92 Å². The van der Waals surface area contributed by atoms with Crippen molar-refractivity contribution in [1.82, 2.24) is 20.1 Å². The molecule has 7 heteroatoms. The van der Waals surface area contributed by atoms with Crippen molar-refractivity contribution in [3.05, 3.63) is 53.6 Å². The lowest BCUT2D eigenvalue weighted by Gasteiger charge is -2.40. The van der Waals surface area contributed by atoms with Crippen LogP contribution >= 0.6 is 0 Å². The molecule has 228 valence electrons. The van der Waals surface area contributed by atoms with Gasteiger partial charge in [0.05, 0.1) is 16.8 Å². The first-order valence-electron chi connectivity index (χ1n) is 16.7. The zero-order valence-electron chi connectivity index (χ0n) is 25.7. The summed E-state index contributed by atoms with van der Waals surface area (Å²) in [6.45, 7) is 7.65. The maximum atomic E-state index is 14.5. The quantitative estimate of drug-likeness (QED) is 0.331. The Balaban J connectivity index is 1.26. The Morgan fingerprint density at radius 2 is 1.60 bits per heavy atom. The molecular weight excluding hydrogens is 536 g/mol. The van der Waals surface area contributed by atoms with Crippen molar-refractivity contribution >= 4 is 16.8 Å². The number of rotatable bonds is 7. The molecule has 2 saturated heterocycles. The first kappa shape index (κ1) is 28.6. The van der Waals surface area contributed by atoms with Crippen molar-refractivity contribution in [3.8, 4) is 22.8 Å². The topological polar surface area (TPSA) is 66.9 Å². The number of carbonyl (C=O) groups excluding carboxylic acids is 1. The molecule has 4 heterocycles. The lowest BCUT2D eigenvalue weighted by Crippen LogP contribution is -2.46. The number of carbonyl (C=O) groups is 1. The van der Waals surface area contributed by atoms with Gasteiger partial charge in [0, 0.05) is 41.2 Å². The molecule has 1 N–H and O–H groups in total. The maximum Gasteiger partial charge on any atom is 0.252 e. The van der Waals surface area contributed by atoms with E-state index in [2.05, 4.69) is 46.3 Å². The third kappa shape index (κ3) is 6.12. The highest BCUT2D eigenvalue weighted by Crippen LogP contribution is 2.40. The smallest absolute Gasteiger partial charge is 0.252 e. The number of hydrogen-bond acceptors (Lipinski definition) is 6. The van der Waals surface area contributed by atoms with Crippen LogP contribution in [0.1, 0.15) is 87.1 Å². The monoisotopic (exact) mass is 582 g/mol. The van der Waals surface area contributed by atoms with Crippen LogP contribution in [0.15, 0.2) is 42.5 Å². The number of fused-ring (bicyclic) bond motifs is 2. The van der Waals surface area contributed by atoms with Crippen LogP contribution < -0.4 is 14.8 Å². The van der Waals surface area contributed by atoms with Crippen LogP contribution in [0.2, 0.25) is 0 Å². The molecule has 1 amide bonds. The van der Waals surface area contributed by atoms with Gasteiger partial charge in [-0.2, -0.15) is 0 Å². The van der Waals surface area contributed by atoms with E-state index in [-0.39, 0.29) is 18.7 Å². The SMILES string of the molecule is C[C@H](NC(=O)c1c(CN2CCC(N3CCCCC3)CC2)c(-c2ccccc2)nc2cc3c(cc12)OCO3)C1CCCCC1. The normalized spacial score (nSPS) is 21.2. The molecule has 1 saturated carbocycles. The van der Waals surface area contributed by atoms with Crippen LogP contribution in [-0.4, -0.2) is 65.7 Å². The molecule has 3 fully saturated rings. The molecule has 3 aliphatic heterocycles. The number of benzene rings is 2. The Hall–Kier alpha value is -3.16. The Bertz CT molecular complexity index is 1420. The fourth-order valence-corrected chi connectivity index (χ4v) is 7.92. The van der Waals surface area contributed by atoms with E-state index >= 15 is 0 Å². The molecule has 3 aromatic rings. The van der Waals surface area contributed by atoms with Gasteiger partial charge in [-0.3, -0.25) is 9.69 Å². The molecule has 0 radical (unpaired) electrons. The molecule has 0 bridgehead atoms. The van der Waals surface area contributed by atoms with Gasteiger partial charge < -0.3 is 19.7 Å². The van der Waals surface area contributed by atoms with Gasteiger partial charge >= 0.3 is 0 Å². The third-order valence-electron chi connectivity index (χ3n) is 10.4. The second kappa shape index (κ2) is 12.8. The van der Waals surface area contributed by atoms with E-state index in [4.69, 9.17) is 14.5 Å². The van der Waals surface area contributed by atoms with Gasteiger partial charge in [-0.15, -0.1) is 0 Å². The summed E-state index contributed by atoms with van der Waals surface area (Å²) in [7, 11) is 0. The first-order chi connectivity index (χ1) is 21.1.